The van der Waals surface area contributed by atoms with Gasteiger partial charge >= 0.3 is 24.3 Å². The number of aromatic nitrogens is 1. The molecule has 1 aliphatic carbocycles. The second-order valence-corrected chi connectivity index (χ2v) is 10.1. The lowest BCUT2D eigenvalue weighted by Gasteiger charge is -2.35. The summed E-state index contributed by atoms with van der Waals surface area (Å²) < 4.78 is 69.5. The molecule has 2 saturated heterocycles. The topological polar surface area (TPSA) is 140 Å². The summed E-state index contributed by atoms with van der Waals surface area (Å²) in [7, 11) is 2.16. The Balaban J connectivity index is 0.000000333. The molecule has 1 saturated carbocycles. The normalized spacial score (nSPS) is 26.3. The van der Waals surface area contributed by atoms with Gasteiger partial charge in [-0.15, -0.1) is 0 Å². The van der Waals surface area contributed by atoms with E-state index in [2.05, 4.69) is 16.9 Å². The molecule has 226 valence electrons. The van der Waals surface area contributed by atoms with E-state index in [1.807, 2.05) is 23.2 Å². The van der Waals surface area contributed by atoms with Crippen molar-refractivity contribution in [3.05, 3.63) is 30.1 Å². The summed E-state index contributed by atoms with van der Waals surface area (Å²) in [5, 5.41) is 23.7. The second kappa shape index (κ2) is 13.6. The molecule has 3 heterocycles. The van der Waals surface area contributed by atoms with E-state index in [1.54, 1.807) is 6.20 Å². The van der Waals surface area contributed by atoms with Crippen LogP contribution in [-0.2, 0) is 25.7 Å². The average Bonchev–Trinajstić information content (AvgIpc) is 3.39. The molecule has 0 bridgehead atoms. The van der Waals surface area contributed by atoms with Gasteiger partial charge in [-0.25, -0.2) is 9.59 Å². The van der Waals surface area contributed by atoms with Crippen molar-refractivity contribution in [1.29, 1.82) is 0 Å². The van der Waals surface area contributed by atoms with Crippen LogP contribution >= 0.6 is 0 Å². The number of halogens is 6. The van der Waals surface area contributed by atoms with Gasteiger partial charge in [0.1, 0.15) is 0 Å². The molecule has 0 unspecified atom stereocenters. The van der Waals surface area contributed by atoms with Crippen molar-refractivity contribution in [2.75, 3.05) is 39.8 Å². The van der Waals surface area contributed by atoms with Crippen molar-refractivity contribution < 1.29 is 60.8 Å². The summed E-state index contributed by atoms with van der Waals surface area (Å²) >= 11 is 0. The number of carbonyl (C=O) groups is 3. The Bertz CT molecular complexity index is 981. The van der Waals surface area contributed by atoms with Gasteiger partial charge in [0.15, 0.2) is 0 Å². The number of aliphatic hydroxyl groups is 1. The van der Waals surface area contributed by atoms with Crippen LogP contribution in [0.5, 0.6) is 0 Å². The number of nitrogens with zero attached hydrogens (tertiary/aromatic N) is 3. The van der Waals surface area contributed by atoms with Crippen molar-refractivity contribution in [1.82, 2.24) is 14.8 Å². The van der Waals surface area contributed by atoms with Gasteiger partial charge in [-0.2, -0.15) is 26.3 Å². The Kier molecular flexibility index (Phi) is 11.3. The molecule has 2 atom stereocenters. The lowest BCUT2D eigenvalue weighted by Crippen LogP contribution is -2.44. The number of amides is 1. The van der Waals surface area contributed by atoms with Gasteiger partial charge in [0.25, 0.3) is 0 Å². The van der Waals surface area contributed by atoms with Crippen LogP contribution in [0.15, 0.2) is 24.5 Å². The van der Waals surface area contributed by atoms with Crippen molar-refractivity contribution in [2.24, 2.45) is 17.3 Å². The molecule has 1 spiro atoms. The van der Waals surface area contributed by atoms with Gasteiger partial charge in [0, 0.05) is 55.8 Å². The molecule has 3 fully saturated rings. The molecule has 3 N–H and O–H groups in total. The number of carboxylic acid groups (broad SMARTS) is 2. The molecule has 1 amide bonds. The largest absolute Gasteiger partial charge is 0.490 e. The summed E-state index contributed by atoms with van der Waals surface area (Å²) in [6.07, 6.45) is -4.49. The van der Waals surface area contributed by atoms with Crippen LogP contribution in [0.2, 0.25) is 0 Å². The second-order valence-electron chi connectivity index (χ2n) is 10.1. The molecular weight excluding hydrogens is 556 g/mol. The van der Waals surface area contributed by atoms with Crippen LogP contribution in [0, 0.1) is 17.3 Å². The lowest BCUT2D eigenvalue weighted by molar-refractivity contribution is -0.193. The van der Waals surface area contributed by atoms with Gasteiger partial charge in [-0.1, -0.05) is 6.07 Å². The Labute approximate surface area is 225 Å². The fraction of sp³-hybridized carbons (Fsp3) is 0.667. The Morgan fingerprint density at radius 3 is 2.12 bits per heavy atom. The monoisotopic (exact) mass is 587 g/mol. The van der Waals surface area contributed by atoms with Gasteiger partial charge < -0.3 is 29.9 Å². The maximum Gasteiger partial charge on any atom is 0.490 e. The van der Waals surface area contributed by atoms with E-state index in [9.17, 15) is 36.2 Å². The third-order valence-electron chi connectivity index (χ3n) is 6.94. The Morgan fingerprint density at radius 2 is 1.65 bits per heavy atom. The van der Waals surface area contributed by atoms with Crippen LogP contribution < -0.4 is 0 Å². The fourth-order valence-electron chi connectivity index (χ4n) is 4.93. The number of pyridine rings is 1. The van der Waals surface area contributed by atoms with Crippen LogP contribution in [0.1, 0.15) is 24.8 Å². The van der Waals surface area contributed by atoms with Gasteiger partial charge in [0.05, 0.1) is 19.3 Å². The first-order chi connectivity index (χ1) is 18.4. The third kappa shape index (κ3) is 9.59. The van der Waals surface area contributed by atoms with E-state index < -0.39 is 24.3 Å². The Hall–Kier alpha value is -2.98. The first-order valence-electron chi connectivity index (χ1n) is 12.2. The number of ether oxygens (including phenoxy) is 1. The molecule has 10 nitrogen and oxygen atoms in total. The van der Waals surface area contributed by atoms with E-state index >= 15 is 0 Å². The minimum Gasteiger partial charge on any atom is -0.475 e. The number of hydrogen-bond donors (Lipinski definition) is 3. The minimum atomic E-state index is -5.08. The van der Waals surface area contributed by atoms with Crippen molar-refractivity contribution in [3.63, 3.8) is 0 Å². The first-order valence-corrected chi connectivity index (χ1v) is 12.2. The zero-order valence-electron chi connectivity index (χ0n) is 21.5. The maximum absolute atomic E-state index is 12.7. The zero-order valence-corrected chi connectivity index (χ0v) is 21.5. The molecule has 4 rings (SSSR count). The predicted molar refractivity (Wildman–Crippen MR) is 125 cm³/mol. The molecule has 3 aliphatic rings. The standard InChI is InChI=1S/C20H29N3O3.2C2HF3O2/c1-22-10-17(12-26-11-15-3-2-5-21-9-15)20(13-22)4-6-23(14-20)19(25)16-7-18(24)8-16;2*3-2(4,5)1(6)7/h2-3,5,9,16-18,24H,4,6-8,10-14H2,1H3;2*(H,6,7)/t16?,17-,18?,20-;;/m1../s1. The summed E-state index contributed by atoms with van der Waals surface area (Å²) in [4.78, 5) is 39.0. The number of aliphatic hydroxyl groups excluding tert-OH is 1. The van der Waals surface area contributed by atoms with Gasteiger partial charge in [-0.3, -0.25) is 9.78 Å². The third-order valence-corrected chi connectivity index (χ3v) is 6.94. The molecule has 16 heteroatoms. The van der Waals surface area contributed by atoms with Crippen molar-refractivity contribution in [2.45, 2.75) is 44.3 Å². The minimum absolute atomic E-state index is 0.0413. The van der Waals surface area contributed by atoms with Crippen LogP contribution in [0.3, 0.4) is 0 Å². The van der Waals surface area contributed by atoms with E-state index in [0.717, 1.165) is 44.8 Å². The number of carbonyl (C=O) groups excluding carboxylic acids is 1. The highest BCUT2D eigenvalue weighted by molar-refractivity contribution is 5.80. The molecule has 40 heavy (non-hydrogen) atoms. The number of hydrogen-bond acceptors (Lipinski definition) is 7. The first kappa shape index (κ1) is 33.2. The highest BCUT2D eigenvalue weighted by atomic mass is 19.4. The highest BCUT2D eigenvalue weighted by Crippen LogP contribution is 2.44. The van der Waals surface area contributed by atoms with Crippen LogP contribution in [0.4, 0.5) is 26.3 Å². The SMILES string of the molecule is CN1C[C@H](COCc2cccnc2)[C@]2(CCN(C(=O)C3CC(O)C3)C2)C1.O=C(O)C(F)(F)F.O=C(O)C(F)(F)F. The highest BCUT2D eigenvalue weighted by Gasteiger charge is 2.51. The number of carboxylic acids is 2. The lowest BCUT2D eigenvalue weighted by atomic mass is 9.77. The number of aliphatic carboxylic acids is 2. The quantitative estimate of drug-likeness (QED) is 0.443. The zero-order chi connectivity index (χ0) is 30.3. The summed E-state index contributed by atoms with van der Waals surface area (Å²) in [5.74, 6) is -4.77. The maximum atomic E-state index is 12.7. The smallest absolute Gasteiger partial charge is 0.475 e. The van der Waals surface area contributed by atoms with Gasteiger partial charge in [0.2, 0.25) is 5.91 Å². The van der Waals surface area contributed by atoms with Crippen LogP contribution in [0.25, 0.3) is 0 Å². The number of rotatable bonds is 5. The summed E-state index contributed by atoms with van der Waals surface area (Å²) in [6, 6.07) is 3.97. The van der Waals surface area contributed by atoms with Crippen molar-refractivity contribution in [3.8, 4) is 0 Å². The average molecular weight is 588 g/mol. The van der Waals surface area contributed by atoms with E-state index in [1.165, 1.54) is 0 Å². The molecule has 0 radical (unpaired) electrons. The number of alkyl halides is 6. The molecule has 0 aromatic carbocycles. The Morgan fingerprint density at radius 1 is 1.07 bits per heavy atom. The number of likely N-dealkylation sites (tertiary alicyclic amines) is 2. The summed E-state index contributed by atoms with van der Waals surface area (Å²) in [6.45, 7) is 5.06. The summed E-state index contributed by atoms with van der Waals surface area (Å²) in [5.41, 5.74) is 1.25. The molecule has 1 aromatic heterocycles. The van der Waals surface area contributed by atoms with E-state index in [-0.39, 0.29) is 23.3 Å². The van der Waals surface area contributed by atoms with E-state index in [0.29, 0.717) is 25.4 Å². The van der Waals surface area contributed by atoms with Crippen molar-refractivity contribution >= 4 is 17.8 Å². The van der Waals surface area contributed by atoms with Crippen LogP contribution in [-0.4, -0.2) is 106 Å². The molecule has 1 aromatic rings. The van der Waals surface area contributed by atoms with E-state index in [4.69, 9.17) is 24.5 Å². The molecular formula is C24H31F6N3O7. The molecule has 2 aliphatic heterocycles. The van der Waals surface area contributed by atoms with Gasteiger partial charge in [-0.05, 0) is 37.9 Å². The predicted octanol–water partition coefficient (Wildman–Crippen LogP) is 2.42. The fourth-order valence-corrected chi connectivity index (χ4v) is 4.93.